The monoisotopic (exact) mass is 190 g/mol. The summed E-state index contributed by atoms with van der Waals surface area (Å²) in [6.07, 6.45) is 9.57. The predicted octanol–water partition coefficient (Wildman–Crippen LogP) is 4.01. The van der Waals surface area contributed by atoms with E-state index in [1.807, 2.05) is 0 Å². The van der Waals surface area contributed by atoms with Crippen molar-refractivity contribution in [2.24, 2.45) is 17.3 Å². The van der Waals surface area contributed by atoms with Crippen LogP contribution in [0.2, 0.25) is 0 Å². The first kappa shape index (κ1) is 10.1. The van der Waals surface area contributed by atoms with Crippen LogP contribution in [0.3, 0.4) is 0 Å². The van der Waals surface area contributed by atoms with E-state index in [0.717, 1.165) is 18.3 Å². The van der Waals surface area contributed by atoms with Crippen molar-refractivity contribution in [3.8, 4) is 11.8 Å². The Morgan fingerprint density at radius 2 is 2.07 bits per heavy atom. The van der Waals surface area contributed by atoms with Crippen molar-refractivity contribution in [3.63, 3.8) is 0 Å². The third kappa shape index (κ3) is 1.83. The van der Waals surface area contributed by atoms with E-state index in [9.17, 15) is 0 Å². The summed E-state index contributed by atoms with van der Waals surface area (Å²) in [4.78, 5) is 0. The van der Waals surface area contributed by atoms with Gasteiger partial charge in [0.1, 0.15) is 0 Å². The Kier molecular flexibility index (Phi) is 2.86. The van der Waals surface area contributed by atoms with Gasteiger partial charge < -0.3 is 0 Å². The highest BCUT2D eigenvalue weighted by atomic mass is 14.5. The van der Waals surface area contributed by atoms with Crippen LogP contribution in [0.25, 0.3) is 0 Å². The second-order valence-electron chi connectivity index (χ2n) is 5.58. The Morgan fingerprint density at radius 1 is 1.29 bits per heavy atom. The Morgan fingerprint density at radius 3 is 2.86 bits per heavy atom. The highest BCUT2D eigenvalue weighted by Gasteiger charge is 2.42. The van der Waals surface area contributed by atoms with E-state index in [0.29, 0.717) is 5.41 Å². The fraction of sp³-hybridized carbons (Fsp3) is 0.857. The molecule has 2 atom stereocenters. The molecule has 0 aromatic carbocycles. The highest BCUT2D eigenvalue weighted by Crippen LogP contribution is 2.51. The van der Waals surface area contributed by atoms with E-state index in [-0.39, 0.29) is 0 Å². The van der Waals surface area contributed by atoms with Crippen molar-refractivity contribution in [1.29, 1.82) is 0 Å². The first-order valence-corrected chi connectivity index (χ1v) is 6.21. The van der Waals surface area contributed by atoms with Crippen molar-refractivity contribution in [2.75, 3.05) is 0 Å². The zero-order valence-electron chi connectivity index (χ0n) is 9.60. The summed E-state index contributed by atoms with van der Waals surface area (Å²) >= 11 is 0. The fourth-order valence-electron chi connectivity index (χ4n) is 3.55. The van der Waals surface area contributed by atoms with Crippen LogP contribution in [0.15, 0.2) is 0 Å². The van der Waals surface area contributed by atoms with E-state index in [2.05, 4.69) is 25.7 Å². The highest BCUT2D eigenvalue weighted by molar-refractivity contribution is 5.14. The molecule has 0 nitrogen and oxygen atoms in total. The number of hydrogen-bond acceptors (Lipinski definition) is 0. The van der Waals surface area contributed by atoms with Gasteiger partial charge in [0.05, 0.1) is 0 Å². The zero-order chi connectivity index (χ0) is 10.0. The molecule has 2 rings (SSSR count). The summed E-state index contributed by atoms with van der Waals surface area (Å²) in [5.41, 5.74) is 0.623. The lowest BCUT2D eigenvalue weighted by atomic mass is 9.70. The van der Waals surface area contributed by atoms with Crippen molar-refractivity contribution < 1.29 is 0 Å². The first-order valence-electron chi connectivity index (χ1n) is 6.21. The molecule has 0 aliphatic heterocycles. The molecule has 0 N–H and O–H groups in total. The van der Waals surface area contributed by atoms with Crippen LogP contribution in [0.5, 0.6) is 0 Å². The Hall–Kier alpha value is -0.440. The maximum Gasteiger partial charge on any atom is 0.0259 e. The Balaban J connectivity index is 2.16. The Labute approximate surface area is 88.5 Å². The zero-order valence-corrected chi connectivity index (χ0v) is 9.60. The molecule has 1 fully saturated rings. The van der Waals surface area contributed by atoms with E-state index < -0.39 is 0 Å². The molecule has 2 aliphatic carbocycles. The molecule has 1 saturated carbocycles. The van der Waals surface area contributed by atoms with Crippen molar-refractivity contribution >= 4 is 0 Å². The van der Waals surface area contributed by atoms with Gasteiger partial charge in [-0.2, -0.15) is 0 Å². The maximum atomic E-state index is 3.54. The van der Waals surface area contributed by atoms with Gasteiger partial charge in [0, 0.05) is 12.3 Å². The van der Waals surface area contributed by atoms with Crippen LogP contribution in [0.1, 0.15) is 58.8 Å². The molecule has 0 aromatic heterocycles. The topological polar surface area (TPSA) is 0 Å². The number of rotatable bonds is 2. The largest absolute Gasteiger partial charge is 0.103 e. The predicted molar refractivity (Wildman–Crippen MR) is 60.9 cm³/mol. The summed E-state index contributed by atoms with van der Waals surface area (Å²) < 4.78 is 0. The molecule has 1 unspecified atom stereocenters. The average molecular weight is 190 g/mol. The molecular formula is C14H22. The smallest absolute Gasteiger partial charge is 0.0259 e. The van der Waals surface area contributed by atoms with E-state index in [1.54, 1.807) is 0 Å². The minimum absolute atomic E-state index is 0.623. The quantitative estimate of drug-likeness (QED) is 0.577. The molecule has 0 amide bonds. The summed E-state index contributed by atoms with van der Waals surface area (Å²) in [5, 5.41) is 0. The normalized spacial score (nSPS) is 36.1. The van der Waals surface area contributed by atoms with E-state index in [4.69, 9.17) is 0 Å². The molecule has 0 saturated heterocycles. The van der Waals surface area contributed by atoms with Crippen LogP contribution in [0, 0.1) is 29.1 Å². The van der Waals surface area contributed by atoms with Gasteiger partial charge >= 0.3 is 0 Å². The molecule has 78 valence electrons. The fourth-order valence-corrected chi connectivity index (χ4v) is 3.55. The summed E-state index contributed by atoms with van der Waals surface area (Å²) in [6, 6.07) is 0. The van der Waals surface area contributed by atoms with Crippen LogP contribution in [0.4, 0.5) is 0 Å². The molecule has 0 heteroatoms. The van der Waals surface area contributed by atoms with Crippen LogP contribution < -0.4 is 0 Å². The van der Waals surface area contributed by atoms with Crippen molar-refractivity contribution in [1.82, 2.24) is 0 Å². The summed E-state index contributed by atoms with van der Waals surface area (Å²) in [6.45, 7) is 4.73. The average Bonchev–Trinajstić information content (AvgIpc) is 2.39. The van der Waals surface area contributed by atoms with Gasteiger partial charge in [-0.15, -0.1) is 5.92 Å². The third-order valence-electron chi connectivity index (χ3n) is 3.97. The molecule has 2 aliphatic rings. The number of hydrogen-bond donors (Lipinski definition) is 0. The van der Waals surface area contributed by atoms with Gasteiger partial charge in [0.15, 0.2) is 0 Å². The van der Waals surface area contributed by atoms with E-state index in [1.165, 1.54) is 38.5 Å². The molecule has 0 heterocycles. The van der Waals surface area contributed by atoms with E-state index >= 15 is 0 Å². The molecule has 0 radical (unpaired) electrons. The molecule has 0 spiro atoms. The second kappa shape index (κ2) is 3.97. The minimum atomic E-state index is 0.623. The lowest BCUT2D eigenvalue weighted by Crippen LogP contribution is -2.26. The van der Waals surface area contributed by atoms with Crippen LogP contribution in [-0.4, -0.2) is 0 Å². The van der Waals surface area contributed by atoms with Crippen molar-refractivity contribution in [3.05, 3.63) is 0 Å². The third-order valence-corrected chi connectivity index (χ3v) is 3.97. The summed E-state index contributed by atoms with van der Waals surface area (Å²) in [7, 11) is 0. The Bertz CT molecular complexity index is 253. The maximum absolute atomic E-state index is 3.54. The number of fused-ring (bicyclic) bond motifs is 1. The molecule has 0 bridgehead atoms. The van der Waals surface area contributed by atoms with Gasteiger partial charge in [-0.05, 0) is 43.4 Å². The lowest BCUT2D eigenvalue weighted by Gasteiger charge is -2.34. The molecule has 0 aromatic rings. The van der Waals surface area contributed by atoms with Gasteiger partial charge in [-0.1, -0.05) is 26.2 Å². The van der Waals surface area contributed by atoms with Crippen LogP contribution >= 0.6 is 0 Å². The molecule has 14 heavy (non-hydrogen) atoms. The summed E-state index contributed by atoms with van der Waals surface area (Å²) in [5.74, 6) is 8.49. The second-order valence-corrected chi connectivity index (χ2v) is 5.58. The SMILES string of the molecule is CC(C)C[C@]12CCCC#CC1CCC2. The van der Waals surface area contributed by atoms with Gasteiger partial charge in [0.2, 0.25) is 0 Å². The standard InChI is InChI=1S/C14H22/c1-12(2)11-14-9-5-3-4-7-13(14)8-6-10-14/h12-13H,3,5-6,8-11H2,1-2H3/t13?,14-/m1/s1. The molecular weight excluding hydrogens is 168 g/mol. The van der Waals surface area contributed by atoms with Gasteiger partial charge in [-0.25, -0.2) is 0 Å². The first-order chi connectivity index (χ1) is 6.73. The van der Waals surface area contributed by atoms with Crippen molar-refractivity contribution in [2.45, 2.75) is 58.8 Å². The minimum Gasteiger partial charge on any atom is -0.103 e. The lowest BCUT2D eigenvalue weighted by molar-refractivity contribution is 0.174. The van der Waals surface area contributed by atoms with Gasteiger partial charge in [0.25, 0.3) is 0 Å². The van der Waals surface area contributed by atoms with Crippen LogP contribution in [-0.2, 0) is 0 Å². The van der Waals surface area contributed by atoms with Gasteiger partial charge in [-0.3, -0.25) is 0 Å².